The van der Waals surface area contributed by atoms with Crippen LogP contribution in [0.5, 0.6) is 5.75 Å². The van der Waals surface area contributed by atoms with Crippen molar-refractivity contribution in [3.8, 4) is 5.75 Å². The van der Waals surface area contributed by atoms with E-state index < -0.39 is 6.09 Å². The summed E-state index contributed by atoms with van der Waals surface area (Å²) >= 11 is 0. The highest BCUT2D eigenvalue weighted by Crippen LogP contribution is 2.23. The van der Waals surface area contributed by atoms with Crippen molar-refractivity contribution in [1.82, 2.24) is 5.32 Å². The molecular weight excluding hydrogens is 256 g/mol. The van der Waals surface area contributed by atoms with E-state index in [-0.39, 0.29) is 11.9 Å². The molecule has 0 aliphatic carbocycles. The third kappa shape index (κ3) is 4.42. The Morgan fingerprint density at radius 2 is 2.15 bits per heavy atom. The summed E-state index contributed by atoms with van der Waals surface area (Å²) in [4.78, 5) is 24.7. The van der Waals surface area contributed by atoms with Crippen molar-refractivity contribution in [3.05, 3.63) is 36.9 Å². The second-order valence-corrected chi connectivity index (χ2v) is 4.54. The molecule has 108 valence electrons. The predicted octanol–water partition coefficient (Wildman–Crippen LogP) is 2.72. The number of benzene rings is 1. The van der Waals surface area contributed by atoms with Gasteiger partial charge in [-0.1, -0.05) is 12.1 Å². The van der Waals surface area contributed by atoms with Crippen LogP contribution in [0.25, 0.3) is 0 Å². The highest BCUT2D eigenvalue weighted by atomic mass is 16.6. The van der Waals surface area contributed by atoms with Crippen LogP contribution in [0, 0.1) is 0 Å². The Bertz CT molecular complexity index is 498. The average Bonchev–Trinajstić information content (AvgIpc) is 2.36. The molecule has 0 unspecified atom stereocenters. The Morgan fingerprint density at radius 1 is 1.45 bits per heavy atom. The van der Waals surface area contributed by atoms with Gasteiger partial charge in [-0.2, -0.15) is 0 Å². The standard InChI is InChI=1S/C15H20N2O3/c1-5-9-16-15(19)20-14-8-6-7-13(10-14)17(11(2)3)12(4)18/h5-8,10-11H,1,9H2,2-4H3,(H,16,19). The van der Waals surface area contributed by atoms with Crippen molar-refractivity contribution in [2.75, 3.05) is 11.4 Å². The minimum absolute atomic E-state index is 0.0253. The number of carbonyl (C=O) groups is 2. The summed E-state index contributed by atoms with van der Waals surface area (Å²) in [6.45, 7) is 9.19. The third-order valence-electron chi connectivity index (χ3n) is 2.55. The van der Waals surface area contributed by atoms with Crippen LogP contribution in [-0.4, -0.2) is 24.6 Å². The summed E-state index contributed by atoms with van der Waals surface area (Å²) in [5.74, 6) is 0.323. The highest BCUT2D eigenvalue weighted by molar-refractivity contribution is 5.92. The van der Waals surface area contributed by atoms with Crippen molar-refractivity contribution in [2.24, 2.45) is 0 Å². The van der Waals surface area contributed by atoms with Crippen molar-refractivity contribution in [3.63, 3.8) is 0 Å². The van der Waals surface area contributed by atoms with Gasteiger partial charge in [0.05, 0.1) is 0 Å². The first-order chi connectivity index (χ1) is 9.45. The van der Waals surface area contributed by atoms with Crippen molar-refractivity contribution in [2.45, 2.75) is 26.8 Å². The molecule has 0 heterocycles. The van der Waals surface area contributed by atoms with Gasteiger partial charge in [-0.05, 0) is 26.0 Å². The van der Waals surface area contributed by atoms with Crippen LogP contribution >= 0.6 is 0 Å². The average molecular weight is 276 g/mol. The fraction of sp³-hybridized carbons (Fsp3) is 0.333. The predicted molar refractivity (Wildman–Crippen MR) is 79.0 cm³/mol. The zero-order valence-electron chi connectivity index (χ0n) is 12.1. The number of hydrogen-bond donors (Lipinski definition) is 1. The van der Waals surface area contributed by atoms with Crippen LogP contribution in [0.15, 0.2) is 36.9 Å². The Balaban J connectivity index is 2.87. The lowest BCUT2D eigenvalue weighted by atomic mass is 10.2. The first kappa shape index (κ1) is 15.8. The number of nitrogens with zero attached hydrogens (tertiary/aromatic N) is 1. The lowest BCUT2D eigenvalue weighted by molar-refractivity contribution is -0.116. The highest BCUT2D eigenvalue weighted by Gasteiger charge is 2.16. The fourth-order valence-electron chi connectivity index (χ4n) is 1.84. The van der Waals surface area contributed by atoms with E-state index in [9.17, 15) is 9.59 Å². The van der Waals surface area contributed by atoms with E-state index in [0.29, 0.717) is 18.0 Å². The second kappa shape index (κ2) is 7.33. The van der Waals surface area contributed by atoms with Gasteiger partial charge < -0.3 is 15.0 Å². The Labute approximate surface area is 119 Å². The summed E-state index contributed by atoms with van der Waals surface area (Å²) in [7, 11) is 0. The molecular formula is C15H20N2O3. The van der Waals surface area contributed by atoms with E-state index in [0.717, 1.165) is 0 Å². The summed E-state index contributed by atoms with van der Waals surface area (Å²) in [6.07, 6.45) is 1.01. The number of ether oxygens (including phenoxy) is 1. The van der Waals surface area contributed by atoms with E-state index in [2.05, 4.69) is 11.9 Å². The summed E-state index contributed by atoms with van der Waals surface area (Å²) in [6, 6.07) is 6.89. The summed E-state index contributed by atoms with van der Waals surface area (Å²) in [5.41, 5.74) is 0.696. The Kier molecular flexibility index (Phi) is 5.77. The van der Waals surface area contributed by atoms with Crippen LogP contribution in [0.2, 0.25) is 0 Å². The molecule has 0 saturated carbocycles. The van der Waals surface area contributed by atoms with E-state index in [4.69, 9.17) is 4.74 Å². The quantitative estimate of drug-likeness (QED) is 0.841. The van der Waals surface area contributed by atoms with Gasteiger partial charge in [0, 0.05) is 31.3 Å². The Morgan fingerprint density at radius 3 is 2.70 bits per heavy atom. The molecule has 1 aromatic rings. The topological polar surface area (TPSA) is 58.6 Å². The van der Waals surface area contributed by atoms with Gasteiger partial charge in [0.15, 0.2) is 0 Å². The Hall–Kier alpha value is -2.30. The number of nitrogens with one attached hydrogen (secondary N) is 1. The van der Waals surface area contributed by atoms with E-state index in [1.54, 1.807) is 35.2 Å². The maximum atomic E-state index is 11.7. The first-order valence-corrected chi connectivity index (χ1v) is 6.42. The molecule has 1 rings (SSSR count). The fourth-order valence-corrected chi connectivity index (χ4v) is 1.84. The number of carbonyl (C=O) groups excluding carboxylic acids is 2. The second-order valence-electron chi connectivity index (χ2n) is 4.54. The molecule has 0 bridgehead atoms. The van der Waals surface area contributed by atoms with Crippen LogP contribution in [0.4, 0.5) is 10.5 Å². The SMILES string of the molecule is C=CCNC(=O)Oc1cccc(N(C(C)=O)C(C)C)c1. The maximum Gasteiger partial charge on any atom is 0.412 e. The van der Waals surface area contributed by atoms with Crippen molar-refractivity contribution in [1.29, 1.82) is 0 Å². The molecule has 2 amide bonds. The molecule has 1 aromatic carbocycles. The van der Waals surface area contributed by atoms with Gasteiger partial charge in [0.25, 0.3) is 0 Å². The van der Waals surface area contributed by atoms with E-state index in [1.807, 2.05) is 13.8 Å². The van der Waals surface area contributed by atoms with Crippen molar-refractivity contribution >= 4 is 17.7 Å². The van der Waals surface area contributed by atoms with Gasteiger partial charge in [-0.15, -0.1) is 6.58 Å². The summed E-state index contributed by atoms with van der Waals surface area (Å²) < 4.78 is 5.13. The van der Waals surface area contributed by atoms with Gasteiger partial charge in [-0.3, -0.25) is 4.79 Å². The lowest BCUT2D eigenvalue weighted by Crippen LogP contribution is -2.35. The number of rotatable bonds is 5. The molecule has 1 N–H and O–H groups in total. The van der Waals surface area contributed by atoms with Crippen LogP contribution in [0.1, 0.15) is 20.8 Å². The minimum Gasteiger partial charge on any atom is -0.410 e. The molecule has 0 aliphatic heterocycles. The van der Waals surface area contributed by atoms with E-state index >= 15 is 0 Å². The minimum atomic E-state index is -0.555. The molecule has 5 heteroatoms. The van der Waals surface area contributed by atoms with Gasteiger partial charge >= 0.3 is 6.09 Å². The molecule has 0 atom stereocenters. The first-order valence-electron chi connectivity index (χ1n) is 6.42. The molecule has 5 nitrogen and oxygen atoms in total. The molecule has 0 radical (unpaired) electrons. The maximum absolute atomic E-state index is 11.7. The molecule has 0 aliphatic rings. The zero-order chi connectivity index (χ0) is 15.1. The van der Waals surface area contributed by atoms with Gasteiger partial charge in [0.2, 0.25) is 5.91 Å². The lowest BCUT2D eigenvalue weighted by Gasteiger charge is -2.25. The van der Waals surface area contributed by atoms with Crippen LogP contribution in [-0.2, 0) is 4.79 Å². The number of anilines is 1. The van der Waals surface area contributed by atoms with Gasteiger partial charge in [0.1, 0.15) is 5.75 Å². The number of hydrogen-bond acceptors (Lipinski definition) is 3. The summed E-state index contributed by atoms with van der Waals surface area (Å²) in [5, 5.41) is 2.52. The largest absolute Gasteiger partial charge is 0.412 e. The molecule has 0 aromatic heterocycles. The smallest absolute Gasteiger partial charge is 0.410 e. The molecule has 0 spiro atoms. The van der Waals surface area contributed by atoms with Crippen molar-refractivity contribution < 1.29 is 14.3 Å². The third-order valence-corrected chi connectivity index (χ3v) is 2.55. The van der Waals surface area contributed by atoms with Gasteiger partial charge in [-0.25, -0.2) is 4.79 Å². The molecule has 20 heavy (non-hydrogen) atoms. The van der Waals surface area contributed by atoms with E-state index in [1.165, 1.54) is 6.92 Å². The molecule has 0 saturated heterocycles. The monoisotopic (exact) mass is 276 g/mol. The number of amides is 2. The van der Waals surface area contributed by atoms with Crippen LogP contribution in [0.3, 0.4) is 0 Å². The van der Waals surface area contributed by atoms with Crippen LogP contribution < -0.4 is 15.0 Å². The molecule has 0 fully saturated rings. The normalized spacial score (nSPS) is 10.0. The zero-order valence-corrected chi connectivity index (χ0v) is 12.1.